The predicted octanol–water partition coefficient (Wildman–Crippen LogP) is 4.27. The maximum atomic E-state index is 6.09. The van der Waals surface area contributed by atoms with Gasteiger partial charge >= 0.3 is 0 Å². The highest BCUT2D eigenvalue weighted by molar-refractivity contribution is 7.80. The SMILES string of the molecule is CC(C)Cc1cc(OCCc2ccsc2)c2n[nH]c(CC(N)=S)c2c1. The fourth-order valence-corrected chi connectivity index (χ4v) is 3.76. The van der Waals surface area contributed by atoms with Gasteiger partial charge in [0.05, 0.1) is 11.6 Å². The number of aromatic amines is 1. The van der Waals surface area contributed by atoms with Crippen molar-refractivity contribution in [2.45, 2.75) is 33.1 Å². The highest BCUT2D eigenvalue weighted by Gasteiger charge is 2.14. The maximum absolute atomic E-state index is 6.09. The van der Waals surface area contributed by atoms with Gasteiger partial charge < -0.3 is 10.5 Å². The van der Waals surface area contributed by atoms with E-state index in [1.54, 1.807) is 11.3 Å². The van der Waals surface area contributed by atoms with Gasteiger partial charge in [-0.2, -0.15) is 16.4 Å². The van der Waals surface area contributed by atoms with Gasteiger partial charge in [0.25, 0.3) is 0 Å². The molecule has 0 aliphatic carbocycles. The highest BCUT2D eigenvalue weighted by Crippen LogP contribution is 2.30. The fourth-order valence-electron chi connectivity index (χ4n) is 2.92. The second-order valence-electron chi connectivity index (χ2n) is 6.66. The summed E-state index contributed by atoms with van der Waals surface area (Å²) in [5, 5.41) is 12.8. The second-order valence-corrected chi connectivity index (χ2v) is 7.97. The Kier molecular flexibility index (Phi) is 5.71. The van der Waals surface area contributed by atoms with Crippen LogP contribution in [0.25, 0.3) is 10.9 Å². The number of thiophene rings is 1. The highest BCUT2D eigenvalue weighted by atomic mass is 32.1. The maximum Gasteiger partial charge on any atom is 0.147 e. The van der Waals surface area contributed by atoms with Gasteiger partial charge in [0, 0.05) is 23.9 Å². The third kappa shape index (κ3) is 4.58. The van der Waals surface area contributed by atoms with Crippen molar-refractivity contribution in [3.05, 3.63) is 45.8 Å². The minimum Gasteiger partial charge on any atom is -0.491 e. The Labute approximate surface area is 157 Å². The third-order valence-corrected chi connectivity index (χ3v) is 4.86. The topological polar surface area (TPSA) is 63.9 Å². The van der Waals surface area contributed by atoms with Crippen molar-refractivity contribution < 1.29 is 4.74 Å². The molecule has 3 rings (SSSR count). The Morgan fingerprint density at radius 3 is 2.88 bits per heavy atom. The lowest BCUT2D eigenvalue weighted by atomic mass is 10.00. The Balaban J connectivity index is 1.88. The van der Waals surface area contributed by atoms with E-state index in [4.69, 9.17) is 22.7 Å². The molecule has 0 aliphatic rings. The number of fused-ring (bicyclic) bond motifs is 1. The molecule has 2 aromatic heterocycles. The monoisotopic (exact) mass is 373 g/mol. The van der Waals surface area contributed by atoms with E-state index in [1.807, 2.05) is 0 Å². The van der Waals surface area contributed by atoms with Crippen LogP contribution in [0.2, 0.25) is 0 Å². The van der Waals surface area contributed by atoms with Crippen LogP contribution in [0.5, 0.6) is 5.75 Å². The van der Waals surface area contributed by atoms with E-state index >= 15 is 0 Å². The Morgan fingerprint density at radius 1 is 1.36 bits per heavy atom. The first-order valence-electron chi connectivity index (χ1n) is 8.45. The molecule has 0 spiro atoms. The summed E-state index contributed by atoms with van der Waals surface area (Å²) in [6, 6.07) is 6.42. The number of rotatable bonds is 8. The lowest BCUT2D eigenvalue weighted by Gasteiger charge is -2.11. The molecule has 0 saturated heterocycles. The van der Waals surface area contributed by atoms with Gasteiger partial charge in [-0.1, -0.05) is 26.1 Å². The van der Waals surface area contributed by atoms with Crippen molar-refractivity contribution in [1.29, 1.82) is 0 Å². The van der Waals surface area contributed by atoms with E-state index in [0.717, 1.165) is 35.2 Å². The van der Waals surface area contributed by atoms with Crippen molar-refractivity contribution in [3.63, 3.8) is 0 Å². The molecular weight excluding hydrogens is 350 g/mol. The van der Waals surface area contributed by atoms with E-state index < -0.39 is 0 Å². The number of nitrogens with one attached hydrogen (secondary N) is 1. The molecule has 6 heteroatoms. The Bertz CT molecular complexity index is 853. The minimum atomic E-state index is 0.458. The third-order valence-electron chi connectivity index (χ3n) is 3.99. The average molecular weight is 374 g/mol. The normalized spacial score (nSPS) is 11.3. The number of nitrogens with zero attached hydrogens (tertiary/aromatic N) is 1. The van der Waals surface area contributed by atoms with E-state index in [9.17, 15) is 0 Å². The van der Waals surface area contributed by atoms with Crippen LogP contribution in [-0.4, -0.2) is 21.8 Å². The molecular formula is C19H23N3OS2. The van der Waals surface area contributed by atoms with Crippen LogP contribution >= 0.6 is 23.6 Å². The van der Waals surface area contributed by atoms with E-state index in [-0.39, 0.29) is 0 Å². The van der Waals surface area contributed by atoms with E-state index in [1.165, 1.54) is 11.1 Å². The molecule has 1 aromatic carbocycles. The van der Waals surface area contributed by atoms with Gasteiger partial charge in [0.1, 0.15) is 11.3 Å². The molecule has 0 radical (unpaired) electrons. The molecule has 0 aliphatic heterocycles. The van der Waals surface area contributed by atoms with Gasteiger partial charge in [0.15, 0.2) is 0 Å². The fraction of sp³-hybridized carbons (Fsp3) is 0.368. The number of thiocarbonyl (C=S) groups is 1. The summed E-state index contributed by atoms with van der Waals surface area (Å²) in [4.78, 5) is 0.458. The van der Waals surface area contributed by atoms with Crippen LogP contribution < -0.4 is 10.5 Å². The summed E-state index contributed by atoms with van der Waals surface area (Å²) in [6.07, 6.45) is 2.41. The minimum absolute atomic E-state index is 0.458. The Morgan fingerprint density at radius 2 is 2.20 bits per heavy atom. The van der Waals surface area contributed by atoms with Gasteiger partial charge in [-0.15, -0.1) is 0 Å². The zero-order valence-electron chi connectivity index (χ0n) is 14.5. The number of benzene rings is 1. The summed E-state index contributed by atoms with van der Waals surface area (Å²) in [5.41, 5.74) is 10.1. The average Bonchev–Trinajstić information content (AvgIpc) is 3.17. The number of aromatic nitrogens is 2. The molecule has 25 heavy (non-hydrogen) atoms. The van der Waals surface area contributed by atoms with Crippen LogP contribution in [-0.2, 0) is 19.3 Å². The van der Waals surface area contributed by atoms with Gasteiger partial charge in [-0.25, -0.2) is 0 Å². The standard InChI is InChI=1S/C19H23N3OS2/c1-12(2)7-14-8-15-16(10-18(20)24)21-22-19(15)17(9-14)23-5-3-13-4-6-25-11-13/h4,6,8-9,11-12H,3,5,7,10H2,1-2H3,(H2,20,24)(H,21,22). The van der Waals surface area contributed by atoms with Crippen molar-refractivity contribution in [3.8, 4) is 5.75 Å². The van der Waals surface area contributed by atoms with Crippen molar-refractivity contribution in [1.82, 2.24) is 10.2 Å². The summed E-state index contributed by atoms with van der Waals surface area (Å²) < 4.78 is 6.09. The summed E-state index contributed by atoms with van der Waals surface area (Å²) in [5.74, 6) is 1.40. The van der Waals surface area contributed by atoms with Gasteiger partial charge in [0.2, 0.25) is 0 Å². The second kappa shape index (κ2) is 7.97. The predicted molar refractivity (Wildman–Crippen MR) is 109 cm³/mol. The van der Waals surface area contributed by atoms with E-state index in [0.29, 0.717) is 23.9 Å². The molecule has 0 amide bonds. The molecule has 2 heterocycles. The zero-order valence-corrected chi connectivity index (χ0v) is 16.2. The number of hydrogen-bond acceptors (Lipinski definition) is 4. The molecule has 3 aromatic rings. The molecule has 0 fully saturated rings. The van der Waals surface area contributed by atoms with Crippen molar-refractivity contribution >= 4 is 39.4 Å². The molecule has 3 N–H and O–H groups in total. The van der Waals surface area contributed by atoms with Crippen LogP contribution in [0.15, 0.2) is 29.0 Å². The van der Waals surface area contributed by atoms with Crippen LogP contribution in [0.3, 0.4) is 0 Å². The first-order chi connectivity index (χ1) is 12.0. The zero-order chi connectivity index (χ0) is 17.8. The number of hydrogen-bond donors (Lipinski definition) is 2. The van der Waals surface area contributed by atoms with Gasteiger partial charge in [-0.05, 0) is 52.4 Å². The van der Waals surface area contributed by atoms with Crippen molar-refractivity contribution in [2.75, 3.05) is 6.61 Å². The first-order valence-corrected chi connectivity index (χ1v) is 9.80. The first kappa shape index (κ1) is 17.9. The molecule has 132 valence electrons. The molecule has 4 nitrogen and oxygen atoms in total. The molecule has 0 bridgehead atoms. The number of nitrogens with two attached hydrogens (primary N) is 1. The quantitative estimate of drug-likeness (QED) is 0.579. The molecule has 0 atom stereocenters. The lowest BCUT2D eigenvalue weighted by Crippen LogP contribution is -2.11. The Hall–Kier alpha value is -1.92. The van der Waals surface area contributed by atoms with Crippen LogP contribution in [0.4, 0.5) is 0 Å². The molecule has 0 saturated carbocycles. The van der Waals surface area contributed by atoms with E-state index in [2.05, 4.69) is 53.0 Å². The van der Waals surface area contributed by atoms with Crippen molar-refractivity contribution in [2.24, 2.45) is 11.7 Å². The molecule has 0 unspecified atom stereocenters. The van der Waals surface area contributed by atoms with Crippen LogP contribution in [0, 0.1) is 5.92 Å². The van der Waals surface area contributed by atoms with Crippen LogP contribution in [0.1, 0.15) is 30.7 Å². The lowest BCUT2D eigenvalue weighted by molar-refractivity contribution is 0.325. The van der Waals surface area contributed by atoms with Gasteiger partial charge in [-0.3, -0.25) is 5.10 Å². The smallest absolute Gasteiger partial charge is 0.147 e. The summed E-state index contributed by atoms with van der Waals surface area (Å²) >= 11 is 6.77. The number of H-pyrrole nitrogens is 1. The largest absolute Gasteiger partial charge is 0.491 e. The summed E-state index contributed by atoms with van der Waals surface area (Å²) in [6.45, 7) is 5.06. The number of ether oxygens (including phenoxy) is 1. The summed E-state index contributed by atoms with van der Waals surface area (Å²) in [7, 11) is 0.